The van der Waals surface area contributed by atoms with E-state index in [1.165, 1.54) is 13.0 Å². The molecule has 0 heterocycles. The number of aromatic hydroxyl groups is 1. The van der Waals surface area contributed by atoms with E-state index in [0.717, 1.165) is 5.56 Å². The van der Waals surface area contributed by atoms with E-state index in [9.17, 15) is 4.79 Å². The molecule has 0 aliphatic heterocycles. The van der Waals surface area contributed by atoms with Gasteiger partial charge in [0, 0.05) is 19.5 Å². The van der Waals surface area contributed by atoms with Gasteiger partial charge in [-0.25, -0.2) is 0 Å². The highest BCUT2D eigenvalue weighted by atomic mass is 16.3. The average molecular weight is 164 g/mol. The standard InChI is InChI=1S/C9H10NO2/c1-7(11)10-6-8-2-4-9(12)5-3-8/h2-4,12H,6H2,1H3,(H,10,11). The van der Waals surface area contributed by atoms with E-state index in [1.807, 2.05) is 0 Å². The molecule has 0 unspecified atom stereocenters. The molecule has 3 nitrogen and oxygen atoms in total. The third-order valence-corrected chi connectivity index (χ3v) is 1.40. The number of benzene rings is 1. The molecule has 0 saturated heterocycles. The summed E-state index contributed by atoms with van der Waals surface area (Å²) in [6.45, 7) is 1.94. The lowest BCUT2D eigenvalue weighted by atomic mass is 10.2. The van der Waals surface area contributed by atoms with Gasteiger partial charge in [0.15, 0.2) is 0 Å². The van der Waals surface area contributed by atoms with Gasteiger partial charge in [-0.2, -0.15) is 0 Å². The molecule has 3 heteroatoms. The van der Waals surface area contributed by atoms with Gasteiger partial charge in [0.1, 0.15) is 5.75 Å². The largest absolute Gasteiger partial charge is 0.507 e. The van der Waals surface area contributed by atoms with Crippen LogP contribution < -0.4 is 5.32 Å². The molecule has 63 valence electrons. The second-order valence-electron chi connectivity index (χ2n) is 2.49. The normalized spacial score (nSPS) is 9.42. The molecule has 1 aromatic rings. The Labute approximate surface area is 71.0 Å². The van der Waals surface area contributed by atoms with Crippen molar-refractivity contribution in [3.8, 4) is 5.75 Å². The van der Waals surface area contributed by atoms with Crippen LogP contribution in [0.3, 0.4) is 0 Å². The fourth-order valence-corrected chi connectivity index (χ4v) is 0.785. The van der Waals surface area contributed by atoms with E-state index >= 15 is 0 Å². The zero-order chi connectivity index (χ0) is 8.97. The zero-order valence-corrected chi connectivity index (χ0v) is 6.79. The van der Waals surface area contributed by atoms with Gasteiger partial charge in [-0.3, -0.25) is 4.79 Å². The molecule has 0 fully saturated rings. The Morgan fingerprint density at radius 3 is 2.92 bits per heavy atom. The molecule has 0 atom stereocenters. The van der Waals surface area contributed by atoms with E-state index in [1.54, 1.807) is 12.1 Å². The molecule has 12 heavy (non-hydrogen) atoms. The van der Waals surface area contributed by atoms with E-state index < -0.39 is 0 Å². The van der Waals surface area contributed by atoms with Gasteiger partial charge in [0.05, 0.1) is 0 Å². The van der Waals surface area contributed by atoms with Crippen LogP contribution in [0.4, 0.5) is 0 Å². The molecule has 0 aromatic heterocycles. The van der Waals surface area contributed by atoms with E-state index in [2.05, 4.69) is 11.4 Å². The van der Waals surface area contributed by atoms with Crippen LogP contribution in [0.25, 0.3) is 0 Å². The first-order valence-electron chi connectivity index (χ1n) is 3.62. The molecular formula is C9H10NO2. The van der Waals surface area contributed by atoms with Crippen LogP contribution in [0.5, 0.6) is 5.75 Å². The summed E-state index contributed by atoms with van der Waals surface area (Å²) in [6, 6.07) is 7.55. The van der Waals surface area contributed by atoms with Crippen LogP contribution in [-0.2, 0) is 11.3 Å². The zero-order valence-electron chi connectivity index (χ0n) is 6.79. The minimum absolute atomic E-state index is 0.0666. The Kier molecular flexibility index (Phi) is 2.69. The van der Waals surface area contributed by atoms with Crippen LogP contribution in [0.15, 0.2) is 18.2 Å². The van der Waals surface area contributed by atoms with Crippen molar-refractivity contribution >= 4 is 5.91 Å². The Morgan fingerprint density at radius 2 is 2.42 bits per heavy atom. The Bertz CT molecular complexity index is 266. The summed E-state index contributed by atoms with van der Waals surface area (Å²) in [5.41, 5.74) is 0.919. The van der Waals surface area contributed by atoms with Crippen LogP contribution in [0, 0.1) is 6.07 Å². The third kappa shape index (κ3) is 2.62. The molecule has 0 saturated carbocycles. The first-order valence-corrected chi connectivity index (χ1v) is 3.62. The maximum atomic E-state index is 10.5. The Balaban J connectivity index is 2.53. The van der Waals surface area contributed by atoms with Gasteiger partial charge in [-0.15, -0.1) is 0 Å². The molecule has 2 N–H and O–H groups in total. The van der Waals surface area contributed by atoms with Crippen LogP contribution in [-0.4, -0.2) is 11.0 Å². The number of nitrogens with one attached hydrogen (secondary N) is 1. The average Bonchev–Trinajstić information content (AvgIpc) is 2.03. The highest BCUT2D eigenvalue weighted by Crippen LogP contribution is 2.07. The number of rotatable bonds is 2. The lowest BCUT2D eigenvalue weighted by Gasteiger charge is -2.01. The second kappa shape index (κ2) is 3.76. The first-order chi connectivity index (χ1) is 5.68. The molecular weight excluding hydrogens is 154 g/mol. The molecule has 0 spiro atoms. The lowest BCUT2D eigenvalue weighted by molar-refractivity contribution is -0.119. The quantitative estimate of drug-likeness (QED) is 0.680. The minimum atomic E-state index is -0.0666. The molecule has 1 radical (unpaired) electrons. The SMILES string of the molecule is CC(=O)NCc1c[c]c(O)cc1. The number of carbonyl (C=O) groups excluding carboxylic acids is 1. The first kappa shape index (κ1) is 8.59. The van der Waals surface area contributed by atoms with Gasteiger partial charge in [-0.05, 0) is 17.7 Å². The predicted octanol–water partition coefficient (Wildman–Crippen LogP) is 0.828. The van der Waals surface area contributed by atoms with Crippen LogP contribution in [0.2, 0.25) is 0 Å². The Morgan fingerprint density at radius 1 is 1.67 bits per heavy atom. The van der Waals surface area contributed by atoms with Crippen LogP contribution >= 0.6 is 0 Å². The maximum Gasteiger partial charge on any atom is 0.217 e. The maximum absolute atomic E-state index is 10.5. The molecule has 1 aromatic carbocycles. The van der Waals surface area contributed by atoms with Crippen molar-refractivity contribution < 1.29 is 9.90 Å². The van der Waals surface area contributed by atoms with Crippen LogP contribution in [0.1, 0.15) is 12.5 Å². The minimum Gasteiger partial charge on any atom is -0.507 e. The van der Waals surface area contributed by atoms with Crippen molar-refractivity contribution in [1.29, 1.82) is 0 Å². The van der Waals surface area contributed by atoms with Crippen molar-refractivity contribution in [1.82, 2.24) is 5.32 Å². The molecule has 1 rings (SSSR count). The summed E-state index contributed by atoms with van der Waals surface area (Å²) < 4.78 is 0. The van der Waals surface area contributed by atoms with E-state index in [4.69, 9.17) is 5.11 Å². The molecule has 0 aliphatic rings. The fourth-order valence-electron chi connectivity index (χ4n) is 0.785. The van der Waals surface area contributed by atoms with Crippen molar-refractivity contribution in [2.45, 2.75) is 13.5 Å². The fraction of sp³-hybridized carbons (Fsp3) is 0.222. The van der Waals surface area contributed by atoms with Crippen molar-refractivity contribution in [2.24, 2.45) is 0 Å². The van der Waals surface area contributed by atoms with Gasteiger partial charge in [0.2, 0.25) is 5.91 Å². The number of phenols is 1. The van der Waals surface area contributed by atoms with Gasteiger partial charge < -0.3 is 10.4 Å². The number of amides is 1. The lowest BCUT2D eigenvalue weighted by Crippen LogP contribution is -2.18. The Hall–Kier alpha value is -1.51. The smallest absolute Gasteiger partial charge is 0.217 e. The van der Waals surface area contributed by atoms with Gasteiger partial charge in [0.25, 0.3) is 0 Å². The summed E-state index contributed by atoms with van der Waals surface area (Å²) >= 11 is 0. The number of hydrogen-bond donors (Lipinski definition) is 2. The summed E-state index contributed by atoms with van der Waals surface area (Å²) in [5.74, 6) is 0.0460. The second-order valence-corrected chi connectivity index (χ2v) is 2.49. The third-order valence-electron chi connectivity index (χ3n) is 1.40. The monoisotopic (exact) mass is 164 g/mol. The van der Waals surface area contributed by atoms with E-state index in [-0.39, 0.29) is 11.7 Å². The highest BCUT2D eigenvalue weighted by Gasteiger charge is 1.94. The number of hydrogen-bond acceptors (Lipinski definition) is 2. The predicted molar refractivity (Wildman–Crippen MR) is 44.5 cm³/mol. The molecule has 1 amide bonds. The molecule has 0 bridgehead atoms. The summed E-state index contributed by atoms with van der Waals surface area (Å²) in [5, 5.41) is 11.5. The van der Waals surface area contributed by atoms with Gasteiger partial charge >= 0.3 is 0 Å². The summed E-state index contributed by atoms with van der Waals surface area (Å²) in [6.07, 6.45) is 0. The summed E-state index contributed by atoms with van der Waals surface area (Å²) in [7, 11) is 0. The topological polar surface area (TPSA) is 49.3 Å². The molecule has 0 aliphatic carbocycles. The van der Waals surface area contributed by atoms with Crippen molar-refractivity contribution in [3.05, 3.63) is 29.8 Å². The number of phenolic OH excluding ortho intramolecular Hbond substituents is 1. The van der Waals surface area contributed by atoms with Crippen molar-refractivity contribution in [2.75, 3.05) is 0 Å². The highest BCUT2D eigenvalue weighted by molar-refractivity contribution is 5.72. The summed E-state index contributed by atoms with van der Waals surface area (Å²) in [4.78, 5) is 10.5. The van der Waals surface area contributed by atoms with Crippen molar-refractivity contribution in [3.63, 3.8) is 0 Å². The van der Waals surface area contributed by atoms with Gasteiger partial charge in [-0.1, -0.05) is 6.07 Å². The van der Waals surface area contributed by atoms with E-state index in [0.29, 0.717) is 6.54 Å². The number of carbonyl (C=O) groups is 1.